The van der Waals surface area contributed by atoms with E-state index in [9.17, 15) is 18.3 Å². The van der Waals surface area contributed by atoms with Crippen LogP contribution in [0.15, 0.2) is 22.7 Å². The zero-order chi connectivity index (χ0) is 11.5. The Labute approximate surface area is 93.2 Å². The first-order valence-electron chi connectivity index (χ1n) is 4.13. The fourth-order valence-electron chi connectivity index (χ4n) is 1.03. The maximum Gasteiger partial charge on any atom is 0.401 e. The molecular formula is C9H9BrF3NO. The van der Waals surface area contributed by atoms with Gasteiger partial charge in [-0.25, -0.2) is 0 Å². The average molecular weight is 284 g/mol. The summed E-state index contributed by atoms with van der Waals surface area (Å²) in [5, 5.41) is 11.5. The summed E-state index contributed by atoms with van der Waals surface area (Å²) >= 11 is 3.17. The minimum atomic E-state index is -4.23. The van der Waals surface area contributed by atoms with Gasteiger partial charge < -0.3 is 10.4 Å². The third kappa shape index (κ3) is 4.53. The fraction of sp³-hybridized carbons (Fsp3) is 0.333. The highest BCUT2D eigenvalue weighted by Crippen LogP contribution is 2.22. The molecule has 0 atom stereocenters. The third-order valence-electron chi connectivity index (χ3n) is 1.68. The van der Waals surface area contributed by atoms with Crippen molar-refractivity contribution < 1.29 is 18.3 Å². The third-order valence-corrected chi connectivity index (χ3v) is 2.18. The second-order valence-corrected chi connectivity index (χ2v) is 3.91. The number of alkyl halides is 3. The lowest BCUT2D eigenvalue weighted by Crippen LogP contribution is -2.28. The standard InChI is InChI=1S/C9H9BrF3NO/c10-7-1-2-8(15)6(3-7)4-14-5-9(11,12)13/h1-3,14-15H,4-5H2. The zero-order valence-electron chi connectivity index (χ0n) is 7.61. The van der Waals surface area contributed by atoms with Crippen LogP contribution in [-0.2, 0) is 6.54 Å². The SMILES string of the molecule is Oc1ccc(Br)cc1CNCC(F)(F)F. The van der Waals surface area contributed by atoms with Crippen molar-refractivity contribution in [2.24, 2.45) is 0 Å². The number of aromatic hydroxyl groups is 1. The number of nitrogens with one attached hydrogen (secondary N) is 1. The summed E-state index contributed by atoms with van der Waals surface area (Å²) in [5.41, 5.74) is 0.425. The minimum Gasteiger partial charge on any atom is -0.508 e. The molecule has 2 N–H and O–H groups in total. The first-order chi connectivity index (χ1) is 6.88. The van der Waals surface area contributed by atoms with E-state index in [1.807, 2.05) is 0 Å². The number of halogens is 4. The van der Waals surface area contributed by atoms with Crippen LogP contribution in [0.4, 0.5) is 13.2 Å². The van der Waals surface area contributed by atoms with Gasteiger partial charge >= 0.3 is 6.18 Å². The Morgan fingerprint density at radius 1 is 1.33 bits per heavy atom. The molecule has 0 bridgehead atoms. The maximum atomic E-state index is 11.8. The van der Waals surface area contributed by atoms with Crippen molar-refractivity contribution in [1.82, 2.24) is 5.32 Å². The number of benzene rings is 1. The van der Waals surface area contributed by atoms with Gasteiger partial charge in [0.05, 0.1) is 6.54 Å². The fourth-order valence-corrected chi connectivity index (χ4v) is 1.44. The van der Waals surface area contributed by atoms with Crippen LogP contribution in [0.1, 0.15) is 5.56 Å². The van der Waals surface area contributed by atoms with Crippen LogP contribution in [0.25, 0.3) is 0 Å². The van der Waals surface area contributed by atoms with Gasteiger partial charge in [0.2, 0.25) is 0 Å². The van der Waals surface area contributed by atoms with E-state index in [1.165, 1.54) is 6.07 Å². The molecule has 0 radical (unpaired) electrons. The Balaban J connectivity index is 2.54. The predicted octanol–water partition coefficient (Wildman–Crippen LogP) is 2.81. The van der Waals surface area contributed by atoms with Crippen molar-refractivity contribution in [2.75, 3.05) is 6.54 Å². The molecule has 0 fully saturated rings. The molecular weight excluding hydrogens is 275 g/mol. The monoisotopic (exact) mass is 283 g/mol. The van der Waals surface area contributed by atoms with Gasteiger partial charge in [0.15, 0.2) is 0 Å². The van der Waals surface area contributed by atoms with Crippen LogP contribution in [0.5, 0.6) is 5.75 Å². The highest BCUT2D eigenvalue weighted by molar-refractivity contribution is 9.10. The van der Waals surface area contributed by atoms with Crippen molar-refractivity contribution in [2.45, 2.75) is 12.7 Å². The molecule has 0 amide bonds. The van der Waals surface area contributed by atoms with Gasteiger partial charge in [-0.3, -0.25) is 0 Å². The largest absolute Gasteiger partial charge is 0.508 e. The summed E-state index contributed by atoms with van der Waals surface area (Å²) in [5.74, 6) is -0.0205. The number of hydrogen-bond donors (Lipinski definition) is 2. The van der Waals surface area contributed by atoms with E-state index in [1.54, 1.807) is 12.1 Å². The van der Waals surface area contributed by atoms with Gasteiger partial charge in [0.25, 0.3) is 0 Å². The Morgan fingerprint density at radius 2 is 2.00 bits per heavy atom. The Bertz CT molecular complexity index is 341. The van der Waals surface area contributed by atoms with Gasteiger partial charge in [-0.05, 0) is 18.2 Å². The molecule has 0 unspecified atom stereocenters. The molecule has 15 heavy (non-hydrogen) atoms. The van der Waals surface area contributed by atoms with Crippen molar-refractivity contribution >= 4 is 15.9 Å². The maximum absolute atomic E-state index is 11.8. The normalized spacial score (nSPS) is 11.7. The summed E-state index contributed by atoms with van der Waals surface area (Å²) < 4.78 is 36.1. The lowest BCUT2D eigenvalue weighted by molar-refractivity contribution is -0.125. The molecule has 6 heteroatoms. The Hall–Kier alpha value is -0.750. The van der Waals surface area contributed by atoms with E-state index in [4.69, 9.17) is 0 Å². The molecule has 84 valence electrons. The lowest BCUT2D eigenvalue weighted by Gasteiger charge is -2.09. The van der Waals surface area contributed by atoms with Crippen LogP contribution in [0, 0.1) is 0 Å². The second-order valence-electron chi connectivity index (χ2n) is 2.99. The molecule has 0 aliphatic carbocycles. The van der Waals surface area contributed by atoms with E-state index >= 15 is 0 Å². The number of phenols is 1. The van der Waals surface area contributed by atoms with E-state index in [0.29, 0.717) is 10.0 Å². The number of phenolic OH excluding ortho intramolecular Hbond substituents is 1. The average Bonchev–Trinajstić information content (AvgIpc) is 2.09. The van der Waals surface area contributed by atoms with Crippen molar-refractivity contribution in [1.29, 1.82) is 0 Å². The van der Waals surface area contributed by atoms with E-state index in [0.717, 1.165) is 0 Å². The molecule has 1 aromatic rings. The second kappa shape index (κ2) is 4.85. The number of hydrogen-bond acceptors (Lipinski definition) is 2. The molecule has 0 saturated heterocycles. The van der Waals surface area contributed by atoms with Gasteiger partial charge in [-0.2, -0.15) is 13.2 Å². The molecule has 0 aliphatic heterocycles. The van der Waals surface area contributed by atoms with Crippen molar-refractivity contribution in [3.05, 3.63) is 28.2 Å². The predicted molar refractivity (Wildman–Crippen MR) is 53.6 cm³/mol. The van der Waals surface area contributed by atoms with Crippen LogP contribution in [0.3, 0.4) is 0 Å². The molecule has 0 spiro atoms. The Kier molecular flexibility index (Phi) is 3.98. The molecule has 1 aromatic carbocycles. The van der Waals surface area contributed by atoms with E-state index in [2.05, 4.69) is 21.2 Å². The molecule has 0 saturated carbocycles. The first-order valence-corrected chi connectivity index (χ1v) is 4.92. The molecule has 2 nitrogen and oxygen atoms in total. The van der Waals surface area contributed by atoms with E-state index in [-0.39, 0.29) is 12.3 Å². The molecule has 0 aliphatic rings. The highest BCUT2D eigenvalue weighted by Gasteiger charge is 2.26. The molecule has 0 aromatic heterocycles. The van der Waals surface area contributed by atoms with Gasteiger partial charge in [-0.15, -0.1) is 0 Å². The zero-order valence-corrected chi connectivity index (χ0v) is 9.19. The van der Waals surface area contributed by atoms with Gasteiger partial charge in [0, 0.05) is 16.6 Å². The van der Waals surface area contributed by atoms with Gasteiger partial charge in [0.1, 0.15) is 5.75 Å². The number of rotatable bonds is 3. The van der Waals surface area contributed by atoms with Crippen LogP contribution in [-0.4, -0.2) is 17.8 Å². The van der Waals surface area contributed by atoms with E-state index < -0.39 is 12.7 Å². The molecule has 0 heterocycles. The quantitative estimate of drug-likeness (QED) is 0.894. The summed E-state index contributed by atoms with van der Waals surface area (Å²) in [4.78, 5) is 0. The van der Waals surface area contributed by atoms with Crippen LogP contribution >= 0.6 is 15.9 Å². The van der Waals surface area contributed by atoms with Gasteiger partial charge in [-0.1, -0.05) is 15.9 Å². The van der Waals surface area contributed by atoms with Crippen LogP contribution < -0.4 is 5.32 Å². The summed E-state index contributed by atoms with van der Waals surface area (Å²) in [6.45, 7) is -1.09. The highest BCUT2D eigenvalue weighted by atomic mass is 79.9. The first kappa shape index (κ1) is 12.3. The topological polar surface area (TPSA) is 32.3 Å². The Morgan fingerprint density at radius 3 is 2.60 bits per heavy atom. The summed E-state index contributed by atoms with van der Waals surface area (Å²) in [6, 6.07) is 4.61. The summed E-state index contributed by atoms with van der Waals surface area (Å²) in [6.07, 6.45) is -4.23. The minimum absolute atomic E-state index is 0.0205. The van der Waals surface area contributed by atoms with Crippen LogP contribution in [0.2, 0.25) is 0 Å². The summed E-state index contributed by atoms with van der Waals surface area (Å²) in [7, 11) is 0. The van der Waals surface area contributed by atoms with Crippen molar-refractivity contribution in [3.8, 4) is 5.75 Å². The van der Waals surface area contributed by atoms with Crippen molar-refractivity contribution in [3.63, 3.8) is 0 Å². The lowest BCUT2D eigenvalue weighted by atomic mass is 10.2. The smallest absolute Gasteiger partial charge is 0.401 e. The molecule has 1 rings (SSSR count).